The number of benzene rings is 2. The van der Waals surface area contributed by atoms with E-state index in [1.54, 1.807) is 18.4 Å². The number of hydrogen-bond acceptors (Lipinski definition) is 5. The summed E-state index contributed by atoms with van der Waals surface area (Å²) in [5.41, 5.74) is 3.68. The number of amides is 1. The molecule has 1 N–H and O–H groups in total. The van der Waals surface area contributed by atoms with Gasteiger partial charge in [-0.3, -0.25) is 4.79 Å². The second kappa shape index (κ2) is 8.68. The molecule has 0 saturated heterocycles. The van der Waals surface area contributed by atoms with Crippen LogP contribution in [0.2, 0.25) is 0 Å². The number of hydrogen-bond donors (Lipinski definition) is 1. The highest BCUT2D eigenvalue weighted by Gasteiger charge is 2.11. The fourth-order valence-corrected chi connectivity index (χ4v) is 3.41. The maximum Gasteiger partial charge on any atom is 0.224 e. The molecular weight excluding hydrogens is 360 g/mol. The molecule has 0 saturated carbocycles. The Kier molecular flexibility index (Phi) is 6.08. The Labute approximate surface area is 163 Å². The van der Waals surface area contributed by atoms with Crippen molar-refractivity contribution >= 4 is 22.9 Å². The molecular formula is C21H22N2O3S. The Morgan fingerprint density at radius 3 is 2.48 bits per heavy atom. The summed E-state index contributed by atoms with van der Waals surface area (Å²) in [5.74, 6) is 1.43. The summed E-state index contributed by atoms with van der Waals surface area (Å²) in [4.78, 5) is 16.2. The van der Waals surface area contributed by atoms with Gasteiger partial charge in [-0.25, -0.2) is 4.98 Å². The Morgan fingerprint density at radius 2 is 1.81 bits per heavy atom. The van der Waals surface area contributed by atoms with Crippen LogP contribution in [0, 0.1) is 0 Å². The molecule has 0 aliphatic carbocycles. The fourth-order valence-electron chi connectivity index (χ4n) is 2.59. The molecule has 5 nitrogen and oxygen atoms in total. The predicted molar refractivity (Wildman–Crippen MR) is 110 cm³/mol. The van der Waals surface area contributed by atoms with E-state index in [4.69, 9.17) is 14.5 Å². The molecule has 0 fully saturated rings. The lowest BCUT2D eigenvalue weighted by Gasteiger charge is -2.09. The summed E-state index contributed by atoms with van der Waals surface area (Å²) in [7, 11) is 1.63. The standard InChI is InChI=1S/C21H22N2O3S/c1-4-20(24)22-16-9-6-14(7-10-16)17-13-27-21(23-17)15-8-11-18(26-5-2)19(12-15)25-3/h6-13H,4-5H2,1-3H3,(H,22,24). The molecule has 0 spiro atoms. The average Bonchev–Trinajstić information content (AvgIpc) is 3.19. The van der Waals surface area contributed by atoms with Gasteiger partial charge in [-0.1, -0.05) is 19.1 Å². The molecule has 6 heteroatoms. The lowest BCUT2D eigenvalue weighted by molar-refractivity contribution is -0.115. The highest BCUT2D eigenvalue weighted by Crippen LogP contribution is 2.35. The minimum Gasteiger partial charge on any atom is -0.493 e. The summed E-state index contributed by atoms with van der Waals surface area (Å²) in [6.07, 6.45) is 0.461. The van der Waals surface area contributed by atoms with E-state index < -0.39 is 0 Å². The van der Waals surface area contributed by atoms with Crippen molar-refractivity contribution in [3.63, 3.8) is 0 Å². The van der Waals surface area contributed by atoms with Crippen LogP contribution in [0.1, 0.15) is 20.3 Å². The molecule has 3 rings (SSSR count). The molecule has 0 bridgehead atoms. The van der Waals surface area contributed by atoms with Crippen molar-refractivity contribution in [1.29, 1.82) is 0 Å². The highest BCUT2D eigenvalue weighted by atomic mass is 32.1. The monoisotopic (exact) mass is 382 g/mol. The topological polar surface area (TPSA) is 60.5 Å². The zero-order valence-electron chi connectivity index (χ0n) is 15.6. The van der Waals surface area contributed by atoms with Gasteiger partial charge in [-0.05, 0) is 37.3 Å². The van der Waals surface area contributed by atoms with Crippen molar-refractivity contribution in [3.8, 4) is 33.3 Å². The number of carbonyl (C=O) groups excluding carboxylic acids is 1. The Morgan fingerprint density at radius 1 is 1.07 bits per heavy atom. The van der Waals surface area contributed by atoms with Gasteiger partial charge in [0.2, 0.25) is 5.91 Å². The van der Waals surface area contributed by atoms with E-state index >= 15 is 0 Å². The van der Waals surface area contributed by atoms with E-state index in [1.165, 1.54) is 0 Å². The Balaban J connectivity index is 1.81. The maximum atomic E-state index is 11.5. The van der Waals surface area contributed by atoms with E-state index in [0.29, 0.717) is 18.8 Å². The van der Waals surface area contributed by atoms with E-state index in [0.717, 1.165) is 33.3 Å². The zero-order valence-corrected chi connectivity index (χ0v) is 16.4. The van der Waals surface area contributed by atoms with Gasteiger partial charge in [0.25, 0.3) is 0 Å². The molecule has 1 amide bonds. The molecule has 0 radical (unpaired) electrons. The zero-order chi connectivity index (χ0) is 19.2. The van der Waals surface area contributed by atoms with Gasteiger partial charge in [-0.15, -0.1) is 11.3 Å². The van der Waals surface area contributed by atoms with Crippen LogP contribution in [0.5, 0.6) is 11.5 Å². The quantitative estimate of drug-likeness (QED) is 0.608. The van der Waals surface area contributed by atoms with Gasteiger partial charge in [0, 0.05) is 28.6 Å². The van der Waals surface area contributed by atoms with Gasteiger partial charge < -0.3 is 14.8 Å². The van der Waals surface area contributed by atoms with Crippen molar-refractivity contribution in [1.82, 2.24) is 4.98 Å². The van der Waals surface area contributed by atoms with Crippen LogP contribution in [0.4, 0.5) is 5.69 Å². The van der Waals surface area contributed by atoms with Crippen molar-refractivity contribution in [2.75, 3.05) is 19.0 Å². The number of aromatic nitrogens is 1. The van der Waals surface area contributed by atoms with E-state index in [2.05, 4.69) is 5.32 Å². The smallest absolute Gasteiger partial charge is 0.224 e. The molecule has 0 aliphatic heterocycles. The second-order valence-electron chi connectivity index (χ2n) is 5.82. The van der Waals surface area contributed by atoms with Crippen LogP contribution in [0.15, 0.2) is 47.8 Å². The molecule has 27 heavy (non-hydrogen) atoms. The second-order valence-corrected chi connectivity index (χ2v) is 6.67. The number of ether oxygens (including phenoxy) is 2. The van der Waals surface area contributed by atoms with Gasteiger partial charge in [0.1, 0.15) is 5.01 Å². The molecule has 0 aliphatic rings. The van der Waals surface area contributed by atoms with Gasteiger partial charge >= 0.3 is 0 Å². The van der Waals surface area contributed by atoms with Crippen molar-refractivity contribution < 1.29 is 14.3 Å². The van der Waals surface area contributed by atoms with Gasteiger partial charge in [0.15, 0.2) is 11.5 Å². The fraction of sp³-hybridized carbons (Fsp3) is 0.238. The summed E-state index contributed by atoms with van der Waals surface area (Å²) < 4.78 is 11.0. The average molecular weight is 382 g/mol. The van der Waals surface area contributed by atoms with E-state index in [1.807, 2.05) is 61.7 Å². The number of anilines is 1. The SMILES string of the molecule is CCOc1ccc(-c2nc(-c3ccc(NC(=O)CC)cc3)cs2)cc1OC. The third-order valence-corrected chi connectivity index (χ3v) is 4.89. The summed E-state index contributed by atoms with van der Waals surface area (Å²) in [6, 6.07) is 13.5. The molecule has 1 heterocycles. The lowest BCUT2D eigenvalue weighted by Crippen LogP contribution is -2.08. The first-order valence-corrected chi connectivity index (χ1v) is 9.69. The summed E-state index contributed by atoms with van der Waals surface area (Å²) in [6.45, 7) is 4.36. The van der Waals surface area contributed by atoms with Crippen LogP contribution in [0.25, 0.3) is 21.8 Å². The first-order chi connectivity index (χ1) is 13.1. The number of nitrogens with one attached hydrogen (secondary N) is 1. The first-order valence-electron chi connectivity index (χ1n) is 8.81. The number of nitrogens with zero attached hydrogens (tertiary/aromatic N) is 1. The van der Waals surface area contributed by atoms with Crippen molar-refractivity contribution in [2.45, 2.75) is 20.3 Å². The van der Waals surface area contributed by atoms with E-state index in [9.17, 15) is 4.79 Å². The number of rotatable bonds is 7. The van der Waals surface area contributed by atoms with Gasteiger partial charge in [-0.2, -0.15) is 0 Å². The Bertz CT molecular complexity index is 919. The lowest BCUT2D eigenvalue weighted by atomic mass is 10.1. The minimum atomic E-state index is 0.00291. The number of carbonyl (C=O) groups is 1. The molecule has 2 aromatic carbocycles. The molecule has 0 atom stereocenters. The third-order valence-electron chi connectivity index (χ3n) is 4.00. The normalized spacial score (nSPS) is 10.5. The number of thiazole rings is 1. The molecule has 140 valence electrons. The summed E-state index contributed by atoms with van der Waals surface area (Å²) >= 11 is 1.58. The van der Waals surface area contributed by atoms with Crippen molar-refractivity contribution in [2.24, 2.45) is 0 Å². The first kappa shape index (κ1) is 18.9. The van der Waals surface area contributed by atoms with Crippen LogP contribution in [-0.4, -0.2) is 24.6 Å². The van der Waals surface area contributed by atoms with Crippen LogP contribution < -0.4 is 14.8 Å². The third kappa shape index (κ3) is 4.46. The van der Waals surface area contributed by atoms with Crippen LogP contribution in [-0.2, 0) is 4.79 Å². The van der Waals surface area contributed by atoms with Gasteiger partial charge in [0.05, 0.1) is 19.4 Å². The Hall–Kier alpha value is -2.86. The van der Waals surface area contributed by atoms with E-state index in [-0.39, 0.29) is 5.91 Å². The minimum absolute atomic E-state index is 0.00291. The van der Waals surface area contributed by atoms with Crippen LogP contribution in [0.3, 0.4) is 0 Å². The van der Waals surface area contributed by atoms with Crippen molar-refractivity contribution in [3.05, 3.63) is 47.8 Å². The molecule has 1 aromatic heterocycles. The number of methoxy groups -OCH3 is 1. The maximum absolute atomic E-state index is 11.5. The molecule has 3 aromatic rings. The highest BCUT2D eigenvalue weighted by molar-refractivity contribution is 7.13. The van der Waals surface area contributed by atoms with Crippen LogP contribution >= 0.6 is 11.3 Å². The predicted octanol–water partition coefficient (Wildman–Crippen LogP) is 5.23. The largest absolute Gasteiger partial charge is 0.493 e. The molecule has 0 unspecified atom stereocenters. The summed E-state index contributed by atoms with van der Waals surface area (Å²) in [5, 5.41) is 5.78.